The second-order valence-corrected chi connectivity index (χ2v) is 10.6. The molecule has 7 heteroatoms. The standard InChI is InChI=1S/C31H30ClN3O3/c1-20(17-29(36)37)7-13-27-30(22-8-11-25(32)12-9-22)34-26-14-10-23(18-28(26)33-27)31(38)35-16-15-24(19-35)21-5-3-2-4-6-21/h2-6,8-12,14,18,20,24H,7,13,15-17,19H2,1H3,(H,36,37)/t20?,24-/m0/s1. The lowest BCUT2D eigenvalue weighted by Gasteiger charge is -2.17. The van der Waals surface area contributed by atoms with Crippen LogP contribution in [0, 0.1) is 5.92 Å². The first-order chi connectivity index (χ1) is 18.4. The highest BCUT2D eigenvalue weighted by molar-refractivity contribution is 6.30. The Morgan fingerprint density at radius 1 is 1.03 bits per heavy atom. The van der Waals surface area contributed by atoms with E-state index in [0.717, 1.165) is 29.9 Å². The molecule has 1 aliphatic heterocycles. The monoisotopic (exact) mass is 527 g/mol. The van der Waals surface area contributed by atoms with Gasteiger partial charge in [0.05, 0.1) is 22.4 Å². The molecule has 3 aromatic carbocycles. The van der Waals surface area contributed by atoms with E-state index in [0.29, 0.717) is 46.9 Å². The van der Waals surface area contributed by atoms with Crippen molar-refractivity contribution in [3.05, 3.63) is 94.6 Å². The largest absolute Gasteiger partial charge is 0.481 e. The number of aromatic nitrogens is 2. The minimum Gasteiger partial charge on any atom is -0.481 e. The van der Waals surface area contributed by atoms with Gasteiger partial charge in [0, 0.05) is 41.6 Å². The number of nitrogens with zero attached hydrogens (tertiary/aromatic N) is 3. The molecular formula is C31H30ClN3O3. The molecule has 2 heterocycles. The number of hydrogen-bond donors (Lipinski definition) is 1. The Morgan fingerprint density at radius 3 is 2.53 bits per heavy atom. The van der Waals surface area contributed by atoms with Crippen molar-refractivity contribution in [3.63, 3.8) is 0 Å². The molecule has 0 bridgehead atoms. The maximum absolute atomic E-state index is 13.4. The summed E-state index contributed by atoms with van der Waals surface area (Å²) in [5.74, 6) is -0.449. The molecule has 1 saturated heterocycles. The number of fused-ring (bicyclic) bond motifs is 1. The van der Waals surface area contributed by atoms with Crippen molar-refractivity contribution in [1.29, 1.82) is 0 Å². The first kappa shape index (κ1) is 25.9. The van der Waals surface area contributed by atoms with Crippen LogP contribution in [0.1, 0.15) is 53.7 Å². The van der Waals surface area contributed by atoms with Gasteiger partial charge in [-0.1, -0.05) is 61.0 Å². The Bertz CT molecular complexity index is 1460. The van der Waals surface area contributed by atoms with E-state index < -0.39 is 5.97 Å². The smallest absolute Gasteiger partial charge is 0.303 e. The zero-order valence-electron chi connectivity index (χ0n) is 21.3. The molecule has 6 nitrogen and oxygen atoms in total. The van der Waals surface area contributed by atoms with Gasteiger partial charge in [0.1, 0.15) is 0 Å². The Balaban J connectivity index is 1.43. The molecule has 5 rings (SSSR count). The first-order valence-electron chi connectivity index (χ1n) is 13.0. The molecule has 2 atom stereocenters. The highest BCUT2D eigenvalue weighted by atomic mass is 35.5. The summed E-state index contributed by atoms with van der Waals surface area (Å²) in [5, 5.41) is 9.80. The topological polar surface area (TPSA) is 83.4 Å². The summed E-state index contributed by atoms with van der Waals surface area (Å²) in [6.45, 7) is 3.36. The van der Waals surface area contributed by atoms with Crippen LogP contribution in [0.4, 0.5) is 0 Å². The fraction of sp³-hybridized carbons (Fsp3) is 0.290. The third kappa shape index (κ3) is 5.86. The molecule has 1 fully saturated rings. The van der Waals surface area contributed by atoms with Crippen LogP contribution in [0.5, 0.6) is 0 Å². The van der Waals surface area contributed by atoms with Crippen molar-refractivity contribution in [2.75, 3.05) is 13.1 Å². The van der Waals surface area contributed by atoms with Gasteiger partial charge in [-0.2, -0.15) is 0 Å². The van der Waals surface area contributed by atoms with Crippen molar-refractivity contribution >= 4 is 34.5 Å². The number of rotatable bonds is 8. The number of carboxylic acid groups (broad SMARTS) is 1. The summed E-state index contributed by atoms with van der Waals surface area (Å²) < 4.78 is 0. The van der Waals surface area contributed by atoms with Gasteiger partial charge in [-0.15, -0.1) is 0 Å². The number of likely N-dealkylation sites (tertiary alicyclic amines) is 1. The third-order valence-corrected chi connectivity index (χ3v) is 7.50. The normalized spacial score (nSPS) is 16.1. The molecule has 194 valence electrons. The number of carbonyl (C=O) groups is 2. The fourth-order valence-electron chi connectivity index (χ4n) is 5.14. The minimum atomic E-state index is -0.806. The van der Waals surface area contributed by atoms with E-state index in [1.54, 1.807) is 0 Å². The van der Waals surface area contributed by atoms with Crippen molar-refractivity contribution in [2.45, 2.75) is 38.5 Å². The van der Waals surface area contributed by atoms with Gasteiger partial charge in [0.15, 0.2) is 0 Å². The molecule has 0 radical (unpaired) electrons. The lowest BCUT2D eigenvalue weighted by Crippen LogP contribution is -2.28. The number of aryl methyl sites for hydroxylation is 1. The average Bonchev–Trinajstić information content (AvgIpc) is 3.42. The van der Waals surface area contributed by atoms with Gasteiger partial charge >= 0.3 is 5.97 Å². The summed E-state index contributed by atoms with van der Waals surface area (Å²) in [7, 11) is 0. The number of amides is 1. The molecule has 1 aromatic heterocycles. The van der Waals surface area contributed by atoms with Crippen molar-refractivity contribution in [1.82, 2.24) is 14.9 Å². The SMILES string of the molecule is CC(CCc1nc2cc(C(=O)N3CC[C@H](c4ccccc4)C3)ccc2nc1-c1ccc(Cl)cc1)CC(=O)O. The van der Waals surface area contributed by atoms with Gasteiger partial charge in [0.2, 0.25) is 0 Å². The van der Waals surface area contributed by atoms with Gasteiger partial charge < -0.3 is 10.0 Å². The van der Waals surface area contributed by atoms with E-state index in [4.69, 9.17) is 26.7 Å². The zero-order chi connectivity index (χ0) is 26.6. The lowest BCUT2D eigenvalue weighted by atomic mass is 9.98. The molecule has 1 aliphatic rings. The van der Waals surface area contributed by atoms with Crippen LogP contribution in [-0.2, 0) is 11.2 Å². The van der Waals surface area contributed by atoms with Crippen molar-refractivity contribution in [3.8, 4) is 11.3 Å². The maximum atomic E-state index is 13.4. The molecule has 0 saturated carbocycles. The maximum Gasteiger partial charge on any atom is 0.303 e. The van der Waals surface area contributed by atoms with Gasteiger partial charge in [0.25, 0.3) is 5.91 Å². The van der Waals surface area contributed by atoms with Gasteiger partial charge in [-0.05, 0) is 61.1 Å². The highest BCUT2D eigenvalue weighted by Gasteiger charge is 2.28. The molecule has 1 amide bonds. The third-order valence-electron chi connectivity index (χ3n) is 7.24. The Labute approximate surface area is 227 Å². The number of hydrogen-bond acceptors (Lipinski definition) is 4. The summed E-state index contributed by atoms with van der Waals surface area (Å²) in [6.07, 6.45) is 2.31. The van der Waals surface area contributed by atoms with Crippen LogP contribution in [-0.4, -0.2) is 44.9 Å². The lowest BCUT2D eigenvalue weighted by molar-refractivity contribution is -0.138. The molecule has 0 aliphatic carbocycles. The van der Waals surface area contributed by atoms with Crippen LogP contribution in [0.3, 0.4) is 0 Å². The average molecular weight is 528 g/mol. The van der Waals surface area contributed by atoms with E-state index >= 15 is 0 Å². The Morgan fingerprint density at radius 2 is 1.79 bits per heavy atom. The van der Waals surface area contributed by atoms with Crippen molar-refractivity contribution in [2.24, 2.45) is 5.92 Å². The van der Waals surface area contributed by atoms with E-state index in [-0.39, 0.29) is 18.2 Å². The number of halogens is 1. The fourth-order valence-corrected chi connectivity index (χ4v) is 5.27. The van der Waals surface area contributed by atoms with Gasteiger partial charge in [-0.3, -0.25) is 9.59 Å². The summed E-state index contributed by atoms with van der Waals surface area (Å²) in [4.78, 5) is 36.3. The minimum absolute atomic E-state index is 0.00343. The van der Waals surface area contributed by atoms with E-state index in [9.17, 15) is 9.59 Å². The molecule has 1 N–H and O–H groups in total. The zero-order valence-corrected chi connectivity index (χ0v) is 22.1. The van der Waals surface area contributed by atoms with Crippen LogP contribution in [0.15, 0.2) is 72.8 Å². The van der Waals surface area contributed by atoms with Crippen molar-refractivity contribution < 1.29 is 14.7 Å². The summed E-state index contributed by atoms with van der Waals surface area (Å²) >= 11 is 6.10. The predicted molar refractivity (Wildman–Crippen MR) is 149 cm³/mol. The molecule has 1 unspecified atom stereocenters. The van der Waals surface area contributed by atoms with E-state index in [2.05, 4.69) is 12.1 Å². The summed E-state index contributed by atoms with van der Waals surface area (Å²) in [5.41, 5.74) is 5.67. The quantitative estimate of drug-likeness (QED) is 0.278. The second kappa shape index (κ2) is 11.3. The molecule has 4 aromatic rings. The van der Waals surface area contributed by atoms with Crippen LogP contribution in [0.2, 0.25) is 5.02 Å². The summed E-state index contributed by atoms with van der Waals surface area (Å²) in [6, 6.07) is 23.3. The Kier molecular flexibility index (Phi) is 7.70. The van der Waals surface area contributed by atoms with Crippen LogP contribution >= 0.6 is 11.6 Å². The number of benzene rings is 3. The molecular weight excluding hydrogens is 498 g/mol. The van der Waals surface area contributed by atoms with Crippen LogP contribution in [0.25, 0.3) is 22.3 Å². The molecule has 0 spiro atoms. The Hall–Kier alpha value is -3.77. The van der Waals surface area contributed by atoms with Crippen LogP contribution < -0.4 is 0 Å². The highest BCUT2D eigenvalue weighted by Crippen LogP contribution is 2.30. The first-order valence-corrected chi connectivity index (χ1v) is 13.4. The number of carboxylic acids is 1. The number of aliphatic carboxylic acids is 1. The van der Waals surface area contributed by atoms with Gasteiger partial charge in [-0.25, -0.2) is 9.97 Å². The number of carbonyl (C=O) groups excluding carboxylic acids is 1. The van der Waals surface area contributed by atoms with E-state index in [1.807, 2.05) is 72.5 Å². The molecule has 38 heavy (non-hydrogen) atoms. The second-order valence-electron chi connectivity index (χ2n) is 10.1. The van der Waals surface area contributed by atoms with E-state index in [1.165, 1.54) is 5.56 Å². The predicted octanol–water partition coefficient (Wildman–Crippen LogP) is 6.62.